The average Bonchev–Trinajstić information content (AvgIpc) is 3.32. The fourth-order valence-corrected chi connectivity index (χ4v) is 3.89. The van der Waals surface area contributed by atoms with Gasteiger partial charge in [0, 0.05) is 19.2 Å². The third-order valence-electron chi connectivity index (χ3n) is 4.07. The van der Waals surface area contributed by atoms with Gasteiger partial charge in [-0.05, 0) is 51.7 Å². The van der Waals surface area contributed by atoms with Crippen molar-refractivity contribution in [3.63, 3.8) is 0 Å². The topological polar surface area (TPSA) is 55.8 Å². The summed E-state index contributed by atoms with van der Waals surface area (Å²) >= 11 is 0. The SMILES string of the molecule is CCOc1ccc(S(=O)(=O)N(C)C(C)C2CC2)cc1OCC. The quantitative estimate of drug-likeness (QED) is 0.737. The van der Waals surface area contributed by atoms with Crippen molar-refractivity contribution in [3.8, 4) is 11.5 Å². The van der Waals surface area contributed by atoms with E-state index < -0.39 is 10.0 Å². The first kappa shape index (κ1) is 17.1. The summed E-state index contributed by atoms with van der Waals surface area (Å²) in [6.07, 6.45) is 2.21. The monoisotopic (exact) mass is 327 g/mol. The summed E-state index contributed by atoms with van der Waals surface area (Å²) in [5.41, 5.74) is 0. The molecule has 1 fully saturated rings. The van der Waals surface area contributed by atoms with E-state index in [0.717, 1.165) is 12.8 Å². The molecule has 0 aliphatic heterocycles. The molecule has 1 atom stereocenters. The van der Waals surface area contributed by atoms with Crippen LogP contribution in [0.3, 0.4) is 0 Å². The Balaban J connectivity index is 2.31. The number of hydrogen-bond acceptors (Lipinski definition) is 4. The highest BCUT2D eigenvalue weighted by Gasteiger charge is 2.36. The number of ether oxygens (including phenoxy) is 2. The van der Waals surface area contributed by atoms with Gasteiger partial charge in [0.2, 0.25) is 10.0 Å². The van der Waals surface area contributed by atoms with Gasteiger partial charge in [0.15, 0.2) is 11.5 Å². The van der Waals surface area contributed by atoms with Gasteiger partial charge < -0.3 is 9.47 Å². The third kappa shape index (κ3) is 3.55. The maximum atomic E-state index is 12.8. The first-order valence-electron chi connectivity index (χ1n) is 7.79. The number of nitrogens with zero attached hydrogens (tertiary/aromatic N) is 1. The molecule has 6 heteroatoms. The van der Waals surface area contributed by atoms with E-state index >= 15 is 0 Å². The summed E-state index contributed by atoms with van der Waals surface area (Å²) in [7, 11) is -1.87. The standard InChI is InChI=1S/C16H25NO4S/c1-5-20-15-10-9-14(11-16(15)21-6-2)22(18,19)17(4)12(3)13-7-8-13/h9-13H,5-8H2,1-4H3. The Morgan fingerprint density at radius 1 is 1.18 bits per heavy atom. The molecule has 5 nitrogen and oxygen atoms in total. The van der Waals surface area contributed by atoms with Gasteiger partial charge in [-0.2, -0.15) is 4.31 Å². The number of benzene rings is 1. The van der Waals surface area contributed by atoms with Crippen molar-refractivity contribution in [1.82, 2.24) is 4.31 Å². The highest BCUT2D eigenvalue weighted by Crippen LogP contribution is 2.37. The summed E-state index contributed by atoms with van der Waals surface area (Å²) in [5, 5.41) is 0. The molecule has 2 rings (SSSR count). The maximum absolute atomic E-state index is 12.8. The molecule has 1 saturated carbocycles. The van der Waals surface area contributed by atoms with Crippen LogP contribution in [0.15, 0.2) is 23.1 Å². The first-order chi connectivity index (χ1) is 10.4. The van der Waals surface area contributed by atoms with Gasteiger partial charge in [-0.15, -0.1) is 0 Å². The minimum atomic E-state index is -3.52. The molecular formula is C16H25NO4S. The van der Waals surface area contributed by atoms with E-state index in [0.29, 0.717) is 30.6 Å². The average molecular weight is 327 g/mol. The van der Waals surface area contributed by atoms with Crippen LogP contribution in [-0.2, 0) is 10.0 Å². The number of hydrogen-bond donors (Lipinski definition) is 0. The number of rotatable bonds is 8. The molecule has 1 aliphatic rings. The van der Waals surface area contributed by atoms with Crippen LogP contribution < -0.4 is 9.47 Å². The van der Waals surface area contributed by atoms with E-state index in [1.54, 1.807) is 25.2 Å². The van der Waals surface area contributed by atoms with Crippen molar-refractivity contribution in [1.29, 1.82) is 0 Å². The maximum Gasteiger partial charge on any atom is 0.243 e. The van der Waals surface area contributed by atoms with Crippen LogP contribution in [0.4, 0.5) is 0 Å². The van der Waals surface area contributed by atoms with Crippen molar-refractivity contribution < 1.29 is 17.9 Å². The largest absolute Gasteiger partial charge is 0.490 e. The molecule has 0 N–H and O–H groups in total. The second-order valence-electron chi connectivity index (χ2n) is 5.57. The second-order valence-corrected chi connectivity index (χ2v) is 7.57. The summed E-state index contributed by atoms with van der Waals surface area (Å²) in [6.45, 7) is 6.67. The smallest absolute Gasteiger partial charge is 0.243 e. The van der Waals surface area contributed by atoms with Gasteiger partial charge in [0.05, 0.1) is 18.1 Å². The molecule has 0 bridgehead atoms. The van der Waals surface area contributed by atoms with Gasteiger partial charge in [-0.25, -0.2) is 8.42 Å². The van der Waals surface area contributed by atoms with Crippen molar-refractivity contribution in [2.45, 2.75) is 44.6 Å². The van der Waals surface area contributed by atoms with Crippen molar-refractivity contribution in [2.24, 2.45) is 5.92 Å². The minimum Gasteiger partial charge on any atom is -0.490 e. The Hall–Kier alpha value is -1.27. The van der Waals surface area contributed by atoms with Gasteiger partial charge >= 0.3 is 0 Å². The number of sulfonamides is 1. The summed E-state index contributed by atoms with van der Waals surface area (Å²) in [5.74, 6) is 1.52. The first-order valence-corrected chi connectivity index (χ1v) is 9.23. The van der Waals surface area contributed by atoms with Crippen LogP contribution in [0.5, 0.6) is 11.5 Å². The molecule has 1 aromatic rings. The Bertz CT molecular complexity index is 611. The fraction of sp³-hybridized carbons (Fsp3) is 0.625. The summed E-state index contributed by atoms with van der Waals surface area (Å²) in [4.78, 5) is 0.245. The van der Waals surface area contributed by atoms with Crippen molar-refractivity contribution >= 4 is 10.0 Å². The molecule has 0 spiro atoms. The van der Waals surface area contributed by atoms with E-state index in [4.69, 9.17) is 9.47 Å². The molecule has 22 heavy (non-hydrogen) atoms. The predicted molar refractivity (Wildman–Crippen MR) is 85.9 cm³/mol. The molecule has 0 aromatic heterocycles. The zero-order valence-electron chi connectivity index (χ0n) is 13.7. The summed E-state index contributed by atoms with van der Waals surface area (Å²) < 4.78 is 38.0. The van der Waals surface area contributed by atoms with Crippen LogP contribution in [0.2, 0.25) is 0 Å². The van der Waals surface area contributed by atoms with E-state index in [2.05, 4.69) is 0 Å². The zero-order chi connectivity index (χ0) is 16.3. The van der Waals surface area contributed by atoms with Gasteiger partial charge in [0.1, 0.15) is 0 Å². The lowest BCUT2D eigenvalue weighted by atomic mass is 10.2. The summed E-state index contributed by atoms with van der Waals surface area (Å²) in [6, 6.07) is 4.82. The highest BCUT2D eigenvalue weighted by molar-refractivity contribution is 7.89. The van der Waals surface area contributed by atoms with Crippen molar-refractivity contribution in [3.05, 3.63) is 18.2 Å². The third-order valence-corrected chi connectivity index (χ3v) is 6.01. The zero-order valence-corrected chi connectivity index (χ0v) is 14.5. The lowest BCUT2D eigenvalue weighted by molar-refractivity contribution is 0.286. The van der Waals surface area contributed by atoms with Crippen LogP contribution >= 0.6 is 0 Å². The molecule has 124 valence electrons. The molecule has 0 radical (unpaired) electrons. The minimum absolute atomic E-state index is 0.0205. The van der Waals surface area contributed by atoms with Crippen LogP contribution in [-0.4, -0.2) is 39.0 Å². The van der Waals surface area contributed by atoms with Crippen molar-refractivity contribution in [2.75, 3.05) is 20.3 Å². The Morgan fingerprint density at radius 3 is 2.32 bits per heavy atom. The van der Waals surface area contributed by atoms with E-state index in [-0.39, 0.29) is 10.9 Å². The van der Waals surface area contributed by atoms with Crippen LogP contribution in [0, 0.1) is 5.92 Å². The molecule has 1 aromatic carbocycles. The molecule has 0 saturated heterocycles. The lowest BCUT2D eigenvalue weighted by Crippen LogP contribution is -2.36. The van der Waals surface area contributed by atoms with Crippen LogP contribution in [0.1, 0.15) is 33.6 Å². The Labute approximate surface area is 133 Å². The predicted octanol–water partition coefficient (Wildman–Crippen LogP) is 2.90. The van der Waals surface area contributed by atoms with E-state index in [1.165, 1.54) is 4.31 Å². The fourth-order valence-electron chi connectivity index (χ4n) is 2.45. The molecule has 0 amide bonds. The highest BCUT2D eigenvalue weighted by atomic mass is 32.2. The van der Waals surface area contributed by atoms with E-state index in [1.807, 2.05) is 20.8 Å². The van der Waals surface area contributed by atoms with E-state index in [9.17, 15) is 8.42 Å². The van der Waals surface area contributed by atoms with Crippen LogP contribution in [0.25, 0.3) is 0 Å². The molecule has 1 aliphatic carbocycles. The van der Waals surface area contributed by atoms with Gasteiger partial charge in [-0.3, -0.25) is 0 Å². The second kappa shape index (κ2) is 6.87. The Kier molecular flexibility index (Phi) is 5.34. The lowest BCUT2D eigenvalue weighted by Gasteiger charge is -2.24. The molecule has 0 heterocycles. The molecule has 1 unspecified atom stereocenters. The van der Waals surface area contributed by atoms with Gasteiger partial charge in [0.25, 0.3) is 0 Å². The normalized spacial score (nSPS) is 16.6. The van der Waals surface area contributed by atoms with Gasteiger partial charge in [-0.1, -0.05) is 0 Å². The Morgan fingerprint density at radius 2 is 1.77 bits per heavy atom. The molecular weight excluding hydrogens is 302 g/mol.